The van der Waals surface area contributed by atoms with E-state index in [1.807, 2.05) is 18.2 Å². The van der Waals surface area contributed by atoms with E-state index in [0.717, 1.165) is 20.7 Å². The van der Waals surface area contributed by atoms with Gasteiger partial charge >= 0.3 is 0 Å². The highest BCUT2D eigenvalue weighted by molar-refractivity contribution is 14.1. The Bertz CT molecular complexity index is 672. The predicted molar refractivity (Wildman–Crippen MR) is 99.9 cm³/mol. The van der Waals surface area contributed by atoms with Gasteiger partial charge in [-0.15, -0.1) is 15.3 Å². The van der Waals surface area contributed by atoms with Crippen molar-refractivity contribution in [3.05, 3.63) is 36.8 Å². The second-order valence-corrected chi connectivity index (χ2v) is 9.29. The first-order chi connectivity index (χ1) is 12.4. The van der Waals surface area contributed by atoms with Gasteiger partial charge in [0.05, 0.1) is 31.8 Å². The molecule has 10 nitrogen and oxygen atoms in total. The number of aromatic nitrogens is 9. The molecule has 0 aliphatic carbocycles. The Labute approximate surface area is 157 Å². The molecule has 3 aromatic rings. The van der Waals surface area contributed by atoms with Crippen molar-refractivity contribution in [3.63, 3.8) is 0 Å². The summed E-state index contributed by atoms with van der Waals surface area (Å²) in [5, 5.41) is 35.5. The molecule has 128 valence electrons. The quantitative estimate of drug-likeness (QED) is 0.176. The van der Waals surface area contributed by atoms with Gasteiger partial charge in [0.2, 0.25) is 16.3 Å². The van der Waals surface area contributed by atoms with Crippen LogP contribution in [0.1, 0.15) is 0 Å². The molecular formula is C13H14IN9OP+. The SMILES string of the molecule is [124I]CCOCC[P+](c1ccnnn1)(c1ccnnn1)c1ccnnn1. The van der Waals surface area contributed by atoms with E-state index < -0.39 is 7.26 Å². The lowest BCUT2D eigenvalue weighted by molar-refractivity contribution is 0.168. The molecule has 0 atom stereocenters. The van der Waals surface area contributed by atoms with Crippen molar-refractivity contribution in [2.75, 3.05) is 23.8 Å². The first-order valence-corrected chi connectivity index (χ1v) is 10.8. The van der Waals surface area contributed by atoms with Crippen LogP contribution < -0.4 is 16.3 Å². The zero-order valence-electron chi connectivity index (χ0n) is 13.1. The summed E-state index contributed by atoms with van der Waals surface area (Å²) in [7, 11) is -2.36. The average molecular weight is 467 g/mol. The molecule has 0 saturated heterocycles. The second kappa shape index (κ2) is 9.02. The van der Waals surface area contributed by atoms with Crippen LogP contribution in [-0.2, 0) is 4.74 Å². The zero-order chi connectivity index (χ0) is 17.4. The number of rotatable bonds is 8. The lowest BCUT2D eigenvalue weighted by atomic mass is 10.7. The molecule has 0 aliphatic rings. The smallest absolute Gasteiger partial charge is 0.219 e. The van der Waals surface area contributed by atoms with Gasteiger partial charge in [-0.1, -0.05) is 37.9 Å². The molecule has 0 aromatic carbocycles. The number of halogens is 1. The highest BCUT2D eigenvalue weighted by Gasteiger charge is 2.51. The fourth-order valence-electron chi connectivity index (χ4n) is 2.37. The summed E-state index contributed by atoms with van der Waals surface area (Å²) < 4.78 is 6.65. The zero-order valence-corrected chi connectivity index (χ0v) is 16.1. The van der Waals surface area contributed by atoms with Crippen LogP contribution in [0, 0.1) is 0 Å². The maximum absolute atomic E-state index is 5.73. The minimum Gasteiger partial charge on any atom is -0.377 e. The Hall–Kier alpha value is -1.85. The number of hydrogen-bond acceptors (Lipinski definition) is 10. The molecule has 25 heavy (non-hydrogen) atoms. The standard InChI is InChI=1S/C13H14IN9OP/c14-4-8-24-9-10-25(11-1-5-15-21-18-11,12-2-6-16-22-19-12)13-3-7-17-23-20-13/h1-3,5-7H,4,8-10H2/q+1/i14-3. The minimum atomic E-state index is -2.36. The summed E-state index contributed by atoms with van der Waals surface area (Å²) in [5.41, 5.74) is 2.21. The van der Waals surface area contributed by atoms with Gasteiger partial charge in [-0.3, -0.25) is 0 Å². The Morgan fingerprint density at radius 1 is 0.760 bits per heavy atom. The summed E-state index contributed by atoms with van der Waals surface area (Å²) in [4.78, 5) is 0. The van der Waals surface area contributed by atoms with Gasteiger partial charge in [0.1, 0.15) is 6.16 Å². The fraction of sp³-hybridized carbons (Fsp3) is 0.308. The molecular weight excluding hydrogens is 453 g/mol. The molecule has 3 heterocycles. The van der Waals surface area contributed by atoms with Gasteiger partial charge < -0.3 is 4.74 Å². The number of nitrogens with zero attached hydrogens (tertiary/aromatic N) is 9. The Morgan fingerprint density at radius 3 is 1.60 bits per heavy atom. The highest BCUT2D eigenvalue weighted by atomic mass is 124. The maximum Gasteiger partial charge on any atom is 0.219 e. The number of ether oxygens (including phenoxy) is 1. The normalized spacial score (nSPS) is 11.4. The summed E-state index contributed by atoms with van der Waals surface area (Å²) in [5.74, 6) is 0. The van der Waals surface area contributed by atoms with Crippen LogP contribution >= 0.6 is 29.9 Å². The van der Waals surface area contributed by atoms with Crippen molar-refractivity contribution in [3.8, 4) is 0 Å². The molecule has 0 spiro atoms. The van der Waals surface area contributed by atoms with Crippen molar-refractivity contribution in [1.82, 2.24) is 46.2 Å². The van der Waals surface area contributed by atoms with Gasteiger partial charge in [-0.25, -0.2) is 0 Å². The van der Waals surface area contributed by atoms with E-state index in [1.165, 1.54) is 0 Å². The summed E-state index contributed by atoms with van der Waals surface area (Å²) >= 11 is 2.27. The largest absolute Gasteiger partial charge is 0.377 e. The number of hydrogen-bond donors (Lipinski definition) is 0. The van der Waals surface area contributed by atoms with Crippen LogP contribution in [-0.4, -0.2) is 70.0 Å². The fourth-order valence-corrected chi connectivity index (χ4v) is 6.02. The average Bonchev–Trinajstić information content (AvgIpc) is 2.70. The van der Waals surface area contributed by atoms with E-state index in [2.05, 4.69) is 68.8 Å². The summed E-state index contributed by atoms with van der Waals surface area (Å²) in [6.45, 7) is 1.20. The van der Waals surface area contributed by atoms with E-state index in [1.54, 1.807) is 18.6 Å². The Kier molecular flexibility index (Phi) is 6.48. The molecule has 3 aromatic heterocycles. The van der Waals surface area contributed by atoms with E-state index >= 15 is 0 Å². The van der Waals surface area contributed by atoms with Crippen molar-refractivity contribution in [2.45, 2.75) is 0 Å². The van der Waals surface area contributed by atoms with Crippen LogP contribution in [0.2, 0.25) is 0 Å². The summed E-state index contributed by atoms with van der Waals surface area (Å²) in [6, 6.07) is 5.47. The monoisotopic (exact) mass is 467 g/mol. The lowest BCUT2D eigenvalue weighted by Gasteiger charge is -2.21. The van der Waals surface area contributed by atoms with Crippen LogP contribution in [0.15, 0.2) is 36.8 Å². The second-order valence-electron chi connectivity index (χ2n) is 4.77. The number of alkyl halides is 1. The van der Waals surface area contributed by atoms with E-state index in [0.29, 0.717) is 19.4 Å². The van der Waals surface area contributed by atoms with Gasteiger partial charge in [-0.05, 0) is 15.6 Å². The third-order valence-electron chi connectivity index (χ3n) is 3.43. The molecule has 0 radical (unpaired) electrons. The lowest BCUT2D eigenvalue weighted by Crippen LogP contribution is -2.40. The van der Waals surface area contributed by atoms with E-state index in [9.17, 15) is 0 Å². The highest BCUT2D eigenvalue weighted by Crippen LogP contribution is 2.52. The predicted octanol–water partition coefficient (Wildman–Crippen LogP) is -1.01. The maximum atomic E-state index is 5.73. The molecule has 0 aliphatic heterocycles. The third kappa shape index (κ3) is 4.05. The van der Waals surface area contributed by atoms with Crippen LogP contribution in [0.5, 0.6) is 0 Å². The van der Waals surface area contributed by atoms with Crippen LogP contribution in [0.3, 0.4) is 0 Å². The van der Waals surface area contributed by atoms with Crippen LogP contribution in [0.4, 0.5) is 0 Å². The molecule has 3 rings (SSSR count). The Morgan fingerprint density at radius 2 is 1.24 bits per heavy atom. The molecule has 0 fully saturated rings. The molecule has 12 heteroatoms. The minimum absolute atomic E-state index is 0.523. The molecule has 0 amide bonds. The molecule has 0 N–H and O–H groups in total. The first-order valence-electron chi connectivity index (χ1n) is 7.34. The first kappa shape index (κ1) is 18.0. The summed E-state index contributed by atoms with van der Waals surface area (Å²) in [6.07, 6.45) is 5.45. The molecule has 0 bridgehead atoms. The molecule has 0 unspecified atom stereocenters. The topological polar surface area (TPSA) is 125 Å². The van der Waals surface area contributed by atoms with Crippen molar-refractivity contribution in [2.24, 2.45) is 0 Å². The van der Waals surface area contributed by atoms with Crippen molar-refractivity contribution < 1.29 is 4.74 Å². The van der Waals surface area contributed by atoms with Crippen molar-refractivity contribution >= 4 is 46.2 Å². The van der Waals surface area contributed by atoms with Crippen molar-refractivity contribution in [1.29, 1.82) is 0 Å². The van der Waals surface area contributed by atoms with Gasteiger partial charge in [-0.2, -0.15) is 0 Å². The molecule has 0 saturated carbocycles. The van der Waals surface area contributed by atoms with E-state index in [4.69, 9.17) is 4.74 Å². The van der Waals surface area contributed by atoms with Gasteiger partial charge in [0.25, 0.3) is 0 Å². The third-order valence-corrected chi connectivity index (χ3v) is 7.79. The van der Waals surface area contributed by atoms with Crippen LogP contribution in [0.25, 0.3) is 0 Å². The Balaban J connectivity index is 2.13. The van der Waals surface area contributed by atoms with Gasteiger partial charge in [0, 0.05) is 22.6 Å². The van der Waals surface area contributed by atoms with E-state index in [-0.39, 0.29) is 0 Å². The van der Waals surface area contributed by atoms with Gasteiger partial charge in [0.15, 0.2) is 7.26 Å².